The number of para-hydroxylation sites is 1. The summed E-state index contributed by atoms with van der Waals surface area (Å²) in [4.78, 5) is 24.7. The number of nitrogens with one attached hydrogen (secondary N) is 2. The van der Waals surface area contributed by atoms with Crippen molar-refractivity contribution in [3.8, 4) is 5.75 Å². The van der Waals surface area contributed by atoms with Crippen molar-refractivity contribution < 1.29 is 14.3 Å². The first-order valence-corrected chi connectivity index (χ1v) is 12.6. The summed E-state index contributed by atoms with van der Waals surface area (Å²) in [6, 6.07) is 15.5. The van der Waals surface area contributed by atoms with Crippen molar-refractivity contribution in [3.63, 3.8) is 0 Å². The van der Waals surface area contributed by atoms with E-state index in [9.17, 15) is 9.59 Å². The van der Waals surface area contributed by atoms with Gasteiger partial charge in [-0.2, -0.15) is 0 Å². The number of hydrogen-bond acceptors (Lipinski definition) is 6. The van der Waals surface area contributed by atoms with Gasteiger partial charge in [0.25, 0.3) is 5.91 Å². The lowest BCUT2D eigenvalue weighted by atomic mass is 10.0. The summed E-state index contributed by atoms with van der Waals surface area (Å²) in [5, 5.41) is 14.7. The molecule has 186 valence electrons. The second kappa shape index (κ2) is 12.4. The number of benzene rings is 2. The summed E-state index contributed by atoms with van der Waals surface area (Å²) < 4.78 is 7.33. The molecule has 0 aliphatic rings. The van der Waals surface area contributed by atoms with Crippen LogP contribution in [0.5, 0.6) is 5.75 Å². The van der Waals surface area contributed by atoms with E-state index in [-0.39, 0.29) is 30.7 Å². The van der Waals surface area contributed by atoms with Gasteiger partial charge in [-0.25, -0.2) is 0 Å². The predicted molar refractivity (Wildman–Crippen MR) is 139 cm³/mol. The van der Waals surface area contributed by atoms with Gasteiger partial charge in [0, 0.05) is 12.7 Å². The maximum absolute atomic E-state index is 12.5. The largest absolute Gasteiger partial charge is 0.484 e. The average molecular weight is 496 g/mol. The fourth-order valence-electron chi connectivity index (χ4n) is 3.38. The lowest BCUT2D eigenvalue weighted by molar-refractivity contribution is -0.123. The minimum Gasteiger partial charge on any atom is -0.484 e. The summed E-state index contributed by atoms with van der Waals surface area (Å²) in [7, 11) is 1.81. The topological polar surface area (TPSA) is 98.1 Å². The van der Waals surface area contributed by atoms with Gasteiger partial charge in [0.2, 0.25) is 5.91 Å². The highest BCUT2D eigenvalue weighted by Gasteiger charge is 2.14. The molecule has 0 radical (unpaired) electrons. The number of nitrogens with zero attached hydrogens (tertiary/aromatic N) is 3. The summed E-state index contributed by atoms with van der Waals surface area (Å²) in [5.74, 6) is 1.83. The van der Waals surface area contributed by atoms with Crippen molar-refractivity contribution in [2.45, 2.75) is 51.2 Å². The minimum atomic E-state index is -0.252. The van der Waals surface area contributed by atoms with E-state index < -0.39 is 0 Å². The Hall–Kier alpha value is -3.33. The van der Waals surface area contributed by atoms with Gasteiger partial charge in [-0.1, -0.05) is 69.8 Å². The number of amides is 2. The van der Waals surface area contributed by atoms with Crippen LogP contribution in [0.3, 0.4) is 0 Å². The lowest BCUT2D eigenvalue weighted by Crippen LogP contribution is -2.29. The predicted octanol–water partition coefficient (Wildman–Crippen LogP) is 4.49. The Bertz CT molecular complexity index is 1140. The van der Waals surface area contributed by atoms with Gasteiger partial charge in [-0.15, -0.1) is 10.2 Å². The summed E-state index contributed by atoms with van der Waals surface area (Å²) in [5.41, 5.74) is 3.14. The number of carbonyl (C=O) groups is 2. The number of anilines is 1. The van der Waals surface area contributed by atoms with Crippen LogP contribution in [0.15, 0.2) is 53.7 Å². The van der Waals surface area contributed by atoms with E-state index >= 15 is 0 Å². The first-order valence-electron chi connectivity index (χ1n) is 11.6. The molecule has 0 unspecified atom stereocenters. The molecule has 0 fully saturated rings. The van der Waals surface area contributed by atoms with Gasteiger partial charge in [0.15, 0.2) is 17.6 Å². The van der Waals surface area contributed by atoms with Gasteiger partial charge in [-0.05, 0) is 41.2 Å². The third-order valence-electron chi connectivity index (χ3n) is 5.47. The van der Waals surface area contributed by atoms with Crippen molar-refractivity contribution in [2.75, 3.05) is 17.7 Å². The van der Waals surface area contributed by atoms with Crippen molar-refractivity contribution in [1.29, 1.82) is 0 Å². The van der Waals surface area contributed by atoms with Crippen molar-refractivity contribution >= 4 is 29.3 Å². The van der Waals surface area contributed by atoms with Crippen LogP contribution in [0.4, 0.5) is 5.69 Å². The van der Waals surface area contributed by atoms with Gasteiger partial charge in [-0.3, -0.25) is 9.59 Å². The number of hydrogen-bond donors (Lipinski definition) is 2. The Kier molecular flexibility index (Phi) is 9.31. The molecule has 35 heavy (non-hydrogen) atoms. The SMILES string of the molecule is CC(C)c1ccc(OCC(=O)NCc2nnc(SCC(=O)Nc3ccccc3C(C)C)n2C)cc1. The van der Waals surface area contributed by atoms with Crippen LogP contribution < -0.4 is 15.4 Å². The number of thioether (sulfide) groups is 1. The molecule has 0 saturated heterocycles. The van der Waals surface area contributed by atoms with Crippen LogP contribution in [0.25, 0.3) is 0 Å². The maximum Gasteiger partial charge on any atom is 0.258 e. The van der Waals surface area contributed by atoms with E-state index in [0.29, 0.717) is 28.6 Å². The molecular weight excluding hydrogens is 462 g/mol. The molecule has 0 saturated carbocycles. The van der Waals surface area contributed by atoms with E-state index in [4.69, 9.17) is 4.74 Å². The molecule has 3 rings (SSSR count). The van der Waals surface area contributed by atoms with Crippen LogP contribution in [0, 0.1) is 0 Å². The monoisotopic (exact) mass is 495 g/mol. The number of rotatable bonds is 11. The number of carbonyl (C=O) groups excluding carboxylic acids is 2. The molecule has 0 spiro atoms. The van der Waals surface area contributed by atoms with E-state index in [1.165, 1.54) is 17.3 Å². The van der Waals surface area contributed by atoms with Crippen LogP contribution in [0.1, 0.15) is 56.5 Å². The molecule has 2 amide bonds. The van der Waals surface area contributed by atoms with Gasteiger partial charge in [0.05, 0.1) is 12.3 Å². The molecule has 1 heterocycles. The quantitative estimate of drug-likeness (QED) is 0.381. The fourth-order valence-corrected chi connectivity index (χ4v) is 4.11. The van der Waals surface area contributed by atoms with Crippen LogP contribution in [-0.2, 0) is 23.2 Å². The van der Waals surface area contributed by atoms with Crippen molar-refractivity contribution in [1.82, 2.24) is 20.1 Å². The smallest absolute Gasteiger partial charge is 0.258 e. The number of ether oxygens (including phenoxy) is 1. The minimum absolute atomic E-state index is 0.0848. The van der Waals surface area contributed by atoms with E-state index in [1.54, 1.807) is 4.57 Å². The van der Waals surface area contributed by atoms with Crippen LogP contribution in [-0.4, -0.2) is 38.9 Å². The highest BCUT2D eigenvalue weighted by Crippen LogP contribution is 2.24. The zero-order valence-electron chi connectivity index (χ0n) is 20.9. The molecule has 0 bridgehead atoms. The Balaban J connectivity index is 1.45. The summed E-state index contributed by atoms with van der Waals surface area (Å²) >= 11 is 1.29. The highest BCUT2D eigenvalue weighted by molar-refractivity contribution is 7.99. The van der Waals surface area contributed by atoms with Crippen LogP contribution in [0.2, 0.25) is 0 Å². The molecule has 0 atom stereocenters. The molecule has 2 aromatic carbocycles. The van der Waals surface area contributed by atoms with E-state index in [2.05, 4.69) is 48.5 Å². The fraction of sp³-hybridized carbons (Fsp3) is 0.385. The van der Waals surface area contributed by atoms with Gasteiger partial charge < -0.3 is 19.9 Å². The molecule has 8 nitrogen and oxygen atoms in total. The maximum atomic E-state index is 12.5. The third kappa shape index (κ3) is 7.58. The first kappa shape index (κ1) is 26.3. The van der Waals surface area contributed by atoms with Crippen molar-refractivity contribution in [3.05, 3.63) is 65.5 Å². The Morgan fingerprint density at radius 3 is 2.37 bits per heavy atom. The first-order chi connectivity index (χ1) is 16.7. The molecule has 3 aromatic rings. The third-order valence-corrected chi connectivity index (χ3v) is 6.49. The second-order valence-corrected chi connectivity index (χ2v) is 9.77. The standard InChI is InChI=1S/C26H33N5O3S/c1-17(2)19-10-12-20(13-11-19)34-15-24(32)27-14-23-29-30-26(31(23)5)35-16-25(33)28-22-9-7-6-8-21(22)18(3)4/h6-13,17-18H,14-16H2,1-5H3,(H,27,32)(H,28,33). The zero-order valence-corrected chi connectivity index (χ0v) is 21.7. The summed E-state index contributed by atoms with van der Waals surface area (Å²) in [6.45, 7) is 8.57. The van der Waals surface area contributed by atoms with Crippen molar-refractivity contribution in [2.24, 2.45) is 7.05 Å². The Morgan fingerprint density at radius 2 is 1.69 bits per heavy atom. The van der Waals surface area contributed by atoms with Gasteiger partial charge >= 0.3 is 0 Å². The Morgan fingerprint density at radius 1 is 0.971 bits per heavy atom. The molecule has 2 N–H and O–H groups in total. The Labute approximate surface area is 210 Å². The molecule has 0 aliphatic heterocycles. The highest BCUT2D eigenvalue weighted by atomic mass is 32.2. The zero-order chi connectivity index (χ0) is 25.4. The van der Waals surface area contributed by atoms with E-state index in [1.807, 2.05) is 55.6 Å². The van der Waals surface area contributed by atoms with Gasteiger partial charge in [0.1, 0.15) is 5.75 Å². The van der Waals surface area contributed by atoms with E-state index in [0.717, 1.165) is 11.3 Å². The number of aromatic nitrogens is 3. The normalized spacial score (nSPS) is 11.1. The molecular formula is C26H33N5O3S. The lowest BCUT2D eigenvalue weighted by Gasteiger charge is -2.13. The second-order valence-electron chi connectivity index (χ2n) is 8.83. The molecule has 1 aromatic heterocycles. The summed E-state index contributed by atoms with van der Waals surface area (Å²) in [6.07, 6.45) is 0. The average Bonchev–Trinajstić information content (AvgIpc) is 3.19. The molecule has 9 heteroatoms. The van der Waals surface area contributed by atoms with Crippen LogP contribution >= 0.6 is 11.8 Å². The molecule has 0 aliphatic carbocycles.